The van der Waals surface area contributed by atoms with Gasteiger partial charge in [0, 0.05) is 38.4 Å². The molecule has 1 amide bonds. The van der Waals surface area contributed by atoms with Crippen molar-refractivity contribution in [2.24, 2.45) is 5.92 Å². The molecule has 0 unspecified atom stereocenters. The number of hydrogen-bond donors (Lipinski definition) is 0. The van der Waals surface area contributed by atoms with Crippen LogP contribution in [0.3, 0.4) is 0 Å². The van der Waals surface area contributed by atoms with Gasteiger partial charge in [-0.25, -0.2) is 0 Å². The molecule has 1 fully saturated rings. The fourth-order valence-electron chi connectivity index (χ4n) is 2.68. The molecule has 0 bridgehead atoms. The van der Waals surface area contributed by atoms with Crippen LogP contribution >= 0.6 is 0 Å². The number of amides is 1. The molecule has 1 aromatic carbocycles. The minimum absolute atomic E-state index is 0.0333. The number of carbonyl (C=O) groups excluding carboxylic acids is 2. The topological polar surface area (TPSA) is 49.9 Å². The molecule has 0 radical (unpaired) electrons. The average molecular weight is 304 g/mol. The monoisotopic (exact) mass is 304 g/mol. The Morgan fingerprint density at radius 1 is 1.27 bits per heavy atom. The van der Waals surface area contributed by atoms with E-state index in [-0.39, 0.29) is 17.8 Å². The number of rotatable bonds is 4. The molecule has 1 aliphatic heterocycles. The molecule has 0 aliphatic carbocycles. The number of likely N-dealkylation sites (tertiary alicyclic amines) is 1. The number of ether oxygens (including phenoxy) is 1. The zero-order chi connectivity index (χ0) is 16.1. The average Bonchev–Trinajstić information content (AvgIpc) is 2.54. The molecular weight excluding hydrogens is 280 g/mol. The Morgan fingerprint density at radius 3 is 2.55 bits per heavy atom. The highest BCUT2D eigenvalue weighted by Crippen LogP contribution is 2.21. The van der Waals surface area contributed by atoms with Gasteiger partial charge >= 0.3 is 5.97 Å². The summed E-state index contributed by atoms with van der Waals surface area (Å²) in [5.41, 5.74) is 1.70. The van der Waals surface area contributed by atoms with Crippen LogP contribution in [0.25, 0.3) is 0 Å². The number of hydrogen-bond acceptors (Lipinski definition) is 4. The highest BCUT2D eigenvalue weighted by Gasteiger charge is 2.28. The van der Waals surface area contributed by atoms with Gasteiger partial charge in [0.2, 0.25) is 0 Å². The fraction of sp³-hybridized carbons (Fsp3) is 0.529. The van der Waals surface area contributed by atoms with Crippen molar-refractivity contribution in [3.8, 4) is 0 Å². The van der Waals surface area contributed by atoms with Crippen LogP contribution in [0.4, 0.5) is 5.69 Å². The highest BCUT2D eigenvalue weighted by atomic mass is 16.5. The minimum Gasteiger partial charge on any atom is -0.466 e. The Morgan fingerprint density at radius 2 is 1.95 bits per heavy atom. The summed E-state index contributed by atoms with van der Waals surface area (Å²) in [6.07, 6.45) is 1.36. The van der Waals surface area contributed by atoms with E-state index in [0.29, 0.717) is 38.1 Å². The summed E-state index contributed by atoms with van der Waals surface area (Å²) < 4.78 is 5.06. The molecule has 5 nitrogen and oxygen atoms in total. The molecule has 0 spiro atoms. The molecule has 0 N–H and O–H groups in total. The molecule has 0 saturated carbocycles. The van der Waals surface area contributed by atoms with E-state index in [4.69, 9.17) is 4.74 Å². The van der Waals surface area contributed by atoms with E-state index >= 15 is 0 Å². The summed E-state index contributed by atoms with van der Waals surface area (Å²) in [4.78, 5) is 28.1. The lowest BCUT2D eigenvalue weighted by Gasteiger charge is -2.31. The van der Waals surface area contributed by atoms with Crippen LogP contribution in [0.5, 0.6) is 0 Å². The van der Waals surface area contributed by atoms with Crippen molar-refractivity contribution in [2.75, 3.05) is 38.7 Å². The Labute approximate surface area is 131 Å². The maximum atomic E-state index is 12.6. The normalized spacial score (nSPS) is 15.5. The number of carbonyl (C=O) groups is 2. The highest BCUT2D eigenvalue weighted by molar-refractivity contribution is 5.95. The quantitative estimate of drug-likeness (QED) is 0.800. The van der Waals surface area contributed by atoms with E-state index in [9.17, 15) is 9.59 Å². The fourth-order valence-corrected chi connectivity index (χ4v) is 2.68. The van der Waals surface area contributed by atoms with Crippen LogP contribution in [0.15, 0.2) is 24.3 Å². The van der Waals surface area contributed by atoms with Gasteiger partial charge < -0.3 is 14.5 Å². The summed E-state index contributed by atoms with van der Waals surface area (Å²) in [6, 6.07) is 7.62. The first-order chi connectivity index (χ1) is 10.5. The van der Waals surface area contributed by atoms with Gasteiger partial charge in [0.1, 0.15) is 0 Å². The summed E-state index contributed by atoms with van der Waals surface area (Å²) in [7, 11) is 3.91. The van der Waals surface area contributed by atoms with E-state index < -0.39 is 0 Å². The lowest BCUT2D eigenvalue weighted by Crippen LogP contribution is -2.40. The maximum absolute atomic E-state index is 12.6. The molecule has 22 heavy (non-hydrogen) atoms. The van der Waals surface area contributed by atoms with E-state index in [2.05, 4.69) is 0 Å². The summed E-state index contributed by atoms with van der Waals surface area (Å²) in [5.74, 6) is -0.174. The second-order valence-electron chi connectivity index (χ2n) is 5.76. The Balaban J connectivity index is 1.98. The summed E-state index contributed by atoms with van der Waals surface area (Å²) >= 11 is 0. The first kappa shape index (κ1) is 16.3. The smallest absolute Gasteiger partial charge is 0.309 e. The van der Waals surface area contributed by atoms with Gasteiger partial charge in [0.15, 0.2) is 0 Å². The zero-order valence-corrected chi connectivity index (χ0v) is 13.5. The molecule has 1 heterocycles. The summed E-state index contributed by atoms with van der Waals surface area (Å²) in [5, 5.41) is 0. The van der Waals surface area contributed by atoms with Crippen molar-refractivity contribution in [1.29, 1.82) is 0 Å². The van der Waals surface area contributed by atoms with Crippen molar-refractivity contribution in [2.45, 2.75) is 19.8 Å². The standard InChI is InChI=1S/C17H24N2O3/c1-4-22-17(21)13-8-10-19(11-9-13)16(20)14-6-5-7-15(12-14)18(2)3/h5-7,12-13H,4,8-11H2,1-3H3. The van der Waals surface area contributed by atoms with E-state index in [1.165, 1.54) is 0 Å². The van der Waals surface area contributed by atoms with Gasteiger partial charge in [-0.2, -0.15) is 0 Å². The molecule has 5 heteroatoms. The lowest BCUT2D eigenvalue weighted by atomic mass is 9.96. The van der Waals surface area contributed by atoms with Gasteiger partial charge in [0.25, 0.3) is 5.91 Å². The van der Waals surface area contributed by atoms with Gasteiger partial charge in [0.05, 0.1) is 12.5 Å². The Kier molecular flexibility index (Phi) is 5.41. The van der Waals surface area contributed by atoms with Crippen LogP contribution in [-0.2, 0) is 9.53 Å². The molecular formula is C17H24N2O3. The van der Waals surface area contributed by atoms with Gasteiger partial charge in [-0.3, -0.25) is 9.59 Å². The second-order valence-corrected chi connectivity index (χ2v) is 5.76. The molecule has 0 aromatic heterocycles. The third-order valence-electron chi connectivity index (χ3n) is 4.01. The second kappa shape index (κ2) is 7.29. The molecule has 1 aromatic rings. The number of benzene rings is 1. The van der Waals surface area contributed by atoms with Gasteiger partial charge in [-0.15, -0.1) is 0 Å². The SMILES string of the molecule is CCOC(=O)C1CCN(C(=O)c2cccc(N(C)C)c2)CC1. The molecule has 120 valence electrons. The van der Waals surface area contributed by atoms with Gasteiger partial charge in [-0.1, -0.05) is 6.07 Å². The van der Waals surface area contributed by atoms with E-state index in [1.54, 1.807) is 0 Å². The number of anilines is 1. The van der Waals surface area contributed by atoms with E-state index in [0.717, 1.165) is 5.69 Å². The zero-order valence-electron chi connectivity index (χ0n) is 13.5. The molecule has 1 aliphatic rings. The van der Waals surface area contributed by atoms with Gasteiger partial charge in [-0.05, 0) is 38.0 Å². The number of piperidine rings is 1. The van der Waals surface area contributed by atoms with Crippen molar-refractivity contribution >= 4 is 17.6 Å². The lowest BCUT2D eigenvalue weighted by molar-refractivity contribution is -0.149. The van der Waals surface area contributed by atoms with Crippen LogP contribution in [0.1, 0.15) is 30.1 Å². The van der Waals surface area contributed by atoms with Crippen LogP contribution < -0.4 is 4.90 Å². The first-order valence-corrected chi connectivity index (χ1v) is 7.76. The minimum atomic E-state index is -0.135. The number of esters is 1. The van der Waals surface area contributed by atoms with Crippen molar-refractivity contribution in [3.63, 3.8) is 0 Å². The van der Waals surface area contributed by atoms with Crippen molar-refractivity contribution in [1.82, 2.24) is 4.90 Å². The molecule has 0 atom stereocenters. The predicted molar refractivity (Wildman–Crippen MR) is 86.0 cm³/mol. The Bertz CT molecular complexity index is 534. The van der Waals surface area contributed by atoms with Crippen molar-refractivity contribution in [3.05, 3.63) is 29.8 Å². The van der Waals surface area contributed by atoms with E-state index in [1.807, 2.05) is 55.1 Å². The maximum Gasteiger partial charge on any atom is 0.309 e. The van der Waals surface area contributed by atoms with Crippen LogP contribution in [0, 0.1) is 5.92 Å². The first-order valence-electron chi connectivity index (χ1n) is 7.76. The van der Waals surface area contributed by atoms with Crippen LogP contribution in [0.2, 0.25) is 0 Å². The van der Waals surface area contributed by atoms with Crippen LogP contribution in [-0.4, -0.2) is 50.6 Å². The Hall–Kier alpha value is -2.04. The molecule has 1 saturated heterocycles. The van der Waals surface area contributed by atoms with Crippen molar-refractivity contribution < 1.29 is 14.3 Å². The summed E-state index contributed by atoms with van der Waals surface area (Å²) in [6.45, 7) is 3.44. The predicted octanol–water partition coefficient (Wildman–Crippen LogP) is 2.17. The molecule has 2 rings (SSSR count). The largest absolute Gasteiger partial charge is 0.466 e. The number of nitrogens with zero attached hydrogens (tertiary/aromatic N) is 2. The third kappa shape index (κ3) is 3.78. The third-order valence-corrected chi connectivity index (χ3v) is 4.01.